The molecule has 4 aromatic rings. The molecule has 0 amide bonds. The summed E-state index contributed by atoms with van der Waals surface area (Å²) in [5.74, 6) is 0.243. The van der Waals surface area contributed by atoms with Crippen LogP contribution >= 0.6 is 22.7 Å². The molecule has 0 radical (unpaired) electrons. The molecule has 32 heavy (non-hydrogen) atoms. The molecule has 0 unspecified atom stereocenters. The number of nitrogen functional groups attached to an aromatic ring is 1. The Morgan fingerprint density at radius 3 is 2.22 bits per heavy atom. The van der Waals surface area contributed by atoms with Crippen molar-refractivity contribution in [1.29, 1.82) is 0 Å². The number of nitrogens with one attached hydrogen (secondary N) is 1. The van der Waals surface area contributed by atoms with E-state index in [1.54, 1.807) is 17.5 Å². The predicted octanol–water partition coefficient (Wildman–Crippen LogP) is 4.93. The van der Waals surface area contributed by atoms with Gasteiger partial charge >= 0.3 is 6.18 Å². The van der Waals surface area contributed by atoms with Gasteiger partial charge in [0.25, 0.3) is 0 Å². The Balaban J connectivity index is 1.54. The van der Waals surface area contributed by atoms with Gasteiger partial charge in [0.05, 0.1) is 16.2 Å². The van der Waals surface area contributed by atoms with E-state index in [1.807, 2.05) is 0 Å². The summed E-state index contributed by atoms with van der Waals surface area (Å²) >= 11 is 2.53. The van der Waals surface area contributed by atoms with Crippen molar-refractivity contribution < 1.29 is 21.6 Å². The summed E-state index contributed by atoms with van der Waals surface area (Å²) in [6, 6.07) is 10.6. The Morgan fingerprint density at radius 2 is 1.62 bits per heavy atom. The highest BCUT2D eigenvalue weighted by Crippen LogP contribution is 2.39. The Hall–Kier alpha value is -3.00. The van der Waals surface area contributed by atoms with Crippen molar-refractivity contribution >= 4 is 49.3 Å². The molecule has 0 bridgehead atoms. The number of rotatable bonds is 5. The number of sulfonamides is 1. The highest BCUT2D eigenvalue weighted by molar-refractivity contribution is 7.89. The summed E-state index contributed by atoms with van der Waals surface area (Å²) in [5, 5.41) is 10.9. The maximum Gasteiger partial charge on any atom is 0.416 e. The molecule has 4 rings (SSSR count). The van der Waals surface area contributed by atoms with Crippen molar-refractivity contribution in [2.45, 2.75) is 11.1 Å². The lowest BCUT2D eigenvalue weighted by molar-refractivity contribution is -0.137. The molecule has 0 aliphatic carbocycles. The summed E-state index contributed by atoms with van der Waals surface area (Å²) in [5.41, 5.74) is 6.97. The van der Waals surface area contributed by atoms with Crippen LogP contribution in [0.4, 0.5) is 29.8 Å². The second kappa shape index (κ2) is 8.16. The number of hydrogen-bond donors (Lipinski definition) is 3. The molecular formula is C19H14F3N5O2S3. The van der Waals surface area contributed by atoms with Gasteiger partial charge in [0.2, 0.25) is 10.0 Å². The first-order valence-corrected chi connectivity index (χ1v) is 12.0. The number of halogens is 3. The Labute approximate surface area is 188 Å². The van der Waals surface area contributed by atoms with Crippen molar-refractivity contribution in [3.8, 4) is 21.1 Å². The normalized spacial score (nSPS) is 12.1. The van der Waals surface area contributed by atoms with E-state index in [0.717, 1.165) is 12.1 Å². The van der Waals surface area contributed by atoms with E-state index < -0.39 is 21.8 Å². The summed E-state index contributed by atoms with van der Waals surface area (Å²) in [6.45, 7) is 0. The number of thiazole rings is 2. The number of anilines is 3. The number of nitrogens with two attached hydrogens (primary N) is 2. The Bertz CT molecular complexity index is 1360. The molecule has 166 valence electrons. The number of hydrogen-bond acceptors (Lipinski definition) is 8. The van der Waals surface area contributed by atoms with E-state index in [0.29, 0.717) is 32.0 Å². The summed E-state index contributed by atoms with van der Waals surface area (Å²) in [4.78, 5) is 9.33. The molecule has 0 aliphatic heterocycles. The Morgan fingerprint density at radius 1 is 0.969 bits per heavy atom. The van der Waals surface area contributed by atoms with Gasteiger partial charge in [-0.25, -0.2) is 23.5 Å². The van der Waals surface area contributed by atoms with Gasteiger partial charge in [-0.2, -0.15) is 13.2 Å². The molecule has 0 fully saturated rings. The molecule has 5 N–H and O–H groups in total. The number of benzene rings is 2. The molecule has 0 saturated carbocycles. The molecular weight excluding hydrogens is 483 g/mol. The number of primary sulfonamides is 1. The fourth-order valence-electron chi connectivity index (χ4n) is 2.73. The number of alkyl halides is 3. The van der Waals surface area contributed by atoms with Crippen molar-refractivity contribution in [3.63, 3.8) is 0 Å². The first-order valence-electron chi connectivity index (χ1n) is 8.80. The second-order valence-corrected chi connectivity index (χ2v) is 9.96. The zero-order valence-electron chi connectivity index (χ0n) is 15.9. The Kier molecular flexibility index (Phi) is 5.67. The van der Waals surface area contributed by atoms with Crippen molar-refractivity contribution in [2.75, 3.05) is 11.1 Å². The van der Waals surface area contributed by atoms with Crippen LogP contribution in [0, 0.1) is 0 Å². The topological polar surface area (TPSA) is 124 Å². The van der Waals surface area contributed by atoms with E-state index in [4.69, 9.17) is 10.9 Å². The predicted molar refractivity (Wildman–Crippen MR) is 119 cm³/mol. The lowest BCUT2D eigenvalue weighted by Gasteiger charge is -2.06. The van der Waals surface area contributed by atoms with Crippen LogP contribution in [-0.2, 0) is 16.2 Å². The monoisotopic (exact) mass is 497 g/mol. The van der Waals surface area contributed by atoms with E-state index in [9.17, 15) is 21.6 Å². The van der Waals surface area contributed by atoms with Crippen molar-refractivity contribution in [2.24, 2.45) is 5.14 Å². The zero-order valence-corrected chi connectivity index (χ0v) is 18.4. The molecule has 2 aromatic heterocycles. The van der Waals surface area contributed by atoms with Crippen LogP contribution < -0.4 is 16.2 Å². The molecule has 2 heterocycles. The van der Waals surface area contributed by atoms with Gasteiger partial charge in [0.15, 0.2) is 5.13 Å². The standard InChI is InChI=1S/C19H14F3N5O2S3/c20-19(21,22)11-3-1-10(2-4-11)14-9-30-17(26-14)15-16(23)27-18(31-15)25-12-5-7-13(8-6-12)32(24,28)29/h1-9H,23H2,(H,25,27)(H2,24,28,29). The fourth-order valence-corrected chi connectivity index (χ4v) is 5.08. The third-order valence-electron chi connectivity index (χ3n) is 4.29. The van der Waals surface area contributed by atoms with Crippen LogP contribution in [0.15, 0.2) is 58.8 Å². The minimum absolute atomic E-state index is 0.0130. The summed E-state index contributed by atoms with van der Waals surface area (Å²) in [6.07, 6.45) is -4.40. The van der Waals surface area contributed by atoms with Gasteiger partial charge in [-0.3, -0.25) is 0 Å². The van der Waals surface area contributed by atoms with Gasteiger partial charge in [-0.05, 0) is 36.4 Å². The largest absolute Gasteiger partial charge is 0.416 e. The zero-order chi connectivity index (χ0) is 23.1. The average Bonchev–Trinajstić information content (AvgIpc) is 3.34. The van der Waals surface area contributed by atoms with Crippen molar-refractivity contribution in [1.82, 2.24) is 9.97 Å². The lowest BCUT2D eigenvalue weighted by atomic mass is 10.1. The molecule has 0 saturated heterocycles. The SMILES string of the molecule is Nc1nc(Nc2ccc(S(N)(=O)=O)cc2)sc1-c1nc(-c2ccc(C(F)(F)F)cc2)cs1. The molecule has 0 spiro atoms. The van der Waals surface area contributed by atoms with Gasteiger partial charge < -0.3 is 11.1 Å². The van der Waals surface area contributed by atoms with Gasteiger partial charge in [0, 0.05) is 16.6 Å². The van der Waals surface area contributed by atoms with Crippen LogP contribution in [0.2, 0.25) is 0 Å². The van der Waals surface area contributed by atoms with Gasteiger partial charge in [0.1, 0.15) is 15.7 Å². The smallest absolute Gasteiger partial charge is 0.382 e. The lowest BCUT2D eigenvalue weighted by Crippen LogP contribution is -2.11. The number of nitrogens with zero attached hydrogens (tertiary/aromatic N) is 2. The van der Waals surface area contributed by atoms with Crippen LogP contribution in [-0.4, -0.2) is 18.4 Å². The molecule has 0 aliphatic rings. The maximum atomic E-state index is 12.8. The van der Waals surface area contributed by atoms with Gasteiger partial charge in [-0.1, -0.05) is 23.5 Å². The molecule has 0 atom stereocenters. The number of aromatic nitrogens is 2. The van der Waals surface area contributed by atoms with E-state index in [1.165, 1.54) is 46.9 Å². The fraction of sp³-hybridized carbons (Fsp3) is 0.0526. The molecule has 2 aromatic carbocycles. The second-order valence-electron chi connectivity index (χ2n) is 6.54. The van der Waals surface area contributed by atoms with Crippen LogP contribution in [0.5, 0.6) is 0 Å². The van der Waals surface area contributed by atoms with Crippen molar-refractivity contribution in [3.05, 3.63) is 59.5 Å². The van der Waals surface area contributed by atoms with E-state index in [-0.39, 0.29) is 10.7 Å². The maximum absolute atomic E-state index is 12.8. The minimum atomic E-state index is -4.40. The summed E-state index contributed by atoms with van der Waals surface area (Å²) < 4.78 is 60.9. The van der Waals surface area contributed by atoms with E-state index >= 15 is 0 Å². The third kappa shape index (κ3) is 4.75. The first kappa shape index (κ1) is 22.2. The van der Waals surface area contributed by atoms with Crippen LogP contribution in [0.3, 0.4) is 0 Å². The quantitative estimate of drug-likeness (QED) is 0.359. The molecule has 13 heteroatoms. The van der Waals surface area contributed by atoms with Crippen LogP contribution in [0.25, 0.3) is 21.1 Å². The minimum Gasteiger partial charge on any atom is -0.382 e. The van der Waals surface area contributed by atoms with Crippen LogP contribution in [0.1, 0.15) is 5.56 Å². The first-order chi connectivity index (χ1) is 15.0. The van der Waals surface area contributed by atoms with E-state index in [2.05, 4.69) is 15.3 Å². The summed E-state index contributed by atoms with van der Waals surface area (Å²) in [7, 11) is -3.78. The highest BCUT2D eigenvalue weighted by Gasteiger charge is 2.30. The van der Waals surface area contributed by atoms with Gasteiger partial charge in [-0.15, -0.1) is 11.3 Å². The average molecular weight is 498 g/mol. The highest BCUT2D eigenvalue weighted by atomic mass is 32.2. The third-order valence-corrected chi connectivity index (χ3v) is 7.21. The molecule has 7 nitrogen and oxygen atoms in total.